The minimum absolute atomic E-state index is 0.167. The Labute approximate surface area is 292 Å². The number of hydrogen-bond acceptors (Lipinski definition) is 0. The van der Waals surface area contributed by atoms with Gasteiger partial charge in [0, 0.05) is 44.3 Å². The number of benzene rings is 6. The summed E-state index contributed by atoms with van der Waals surface area (Å²) >= 11 is 0. The lowest BCUT2D eigenvalue weighted by Gasteiger charge is -2.44. The van der Waals surface area contributed by atoms with Gasteiger partial charge < -0.3 is 9.13 Å². The summed E-state index contributed by atoms with van der Waals surface area (Å²) in [6, 6.07) is 30.5. The first-order valence-electron chi connectivity index (χ1n) is 17.2. The molecule has 0 unspecified atom stereocenters. The van der Waals surface area contributed by atoms with Gasteiger partial charge in [-0.3, -0.25) is 0 Å². The van der Waals surface area contributed by atoms with Crippen molar-refractivity contribution >= 4 is 55.8 Å². The molecule has 0 saturated carbocycles. The van der Waals surface area contributed by atoms with Gasteiger partial charge in [-0.2, -0.15) is 26.3 Å². The third kappa shape index (κ3) is 2.97. The molecule has 6 aromatic carbocycles. The average Bonchev–Trinajstić information content (AvgIpc) is 3.71. The monoisotopic (exact) mass is 692 g/mol. The van der Waals surface area contributed by atoms with Crippen molar-refractivity contribution in [2.75, 3.05) is 0 Å². The molecule has 8 aromatic rings. The van der Waals surface area contributed by atoms with Crippen molar-refractivity contribution in [3.05, 3.63) is 148 Å². The van der Waals surface area contributed by atoms with E-state index in [1.165, 1.54) is 12.1 Å². The zero-order valence-electron chi connectivity index (χ0n) is 27.6. The highest BCUT2D eigenvalue weighted by Gasteiger charge is 2.55. The first kappa shape index (κ1) is 28.9. The van der Waals surface area contributed by atoms with Crippen molar-refractivity contribution in [1.29, 1.82) is 0 Å². The predicted octanol–water partition coefficient (Wildman–Crippen LogP) is 9.20. The predicted molar refractivity (Wildman–Crippen MR) is 193 cm³/mol. The van der Waals surface area contributed by atoms with Crippen molar-refractivity contribution in [1.82, 2.24) is 9.13 Å². The van der Waals surface area contributed by atoms with E-state index in [4.69, 9.17) is 0 Å². The minimum atomic E-state index is -4.75. The van der Waals surface area contributed by atoms with Crippen molar-refractivity contribution in [2.24, 2.45) is 0 Å². The van der Waals surface area contributed by atoms with Gasteiger partial charge in [0.25, 0.3) is 6.71 Å². The van der Waals surface area contributed by atoms with Crippen LogP contribution in [0.2, 0.25) is 0 Å². The smallest absolute Gasteiger partial charge is 0.315 e. The lowest BCUT2D eigenvalue weighted by molar-refractivity contribution is -0.138. The third-order valence-corrected chi connectivity index (χ3v) is 12.5. The summed E-state index contributed by atoms with van der Waals surface area (Å²) in [5, 5.41) is 1.37. The number of hydrogen-bond donors (Lipinski definition) is 0. The molecule has 3 aliphatic heterocycles. The summed E-state index contributed by atoms with van der Waals surface area (Å²) in [4.78, 5) is 0. The Bertz CT molecular complexity index is 2990. The molecule has 0 radical (unpaired) electrons. The molecule has 1 spiro atoms. The zero-order valence-corrected chi connectivity index (χ0v) is 27.6. The number of nitrogens with zero attached hydrogens (tertiary/aromatic N) is 2. The highest BCUT2D eigenvalue weighted by Crippen LogP contribution is 2.62. The van der Waals surface area contributed by atoms with E-state index in [2.05, 4.69) is 30.5 Å². The summed E-state index contributed by atoms with van der Waals surface area (Å²) in [6.45, 7) is 3.54. The van der Waals surface area contributed by atoms with E-state index in [0.717, 1.165) is 84.4 Å². The summed E-state index contributed by atoms with van der Waals surface area (Å²) in [5.74, 6) is 0. The van der Waals surface area contributed by atoms with E-state index >= 15 is 13.2 Å². The molecule has 4 aliphatic rings. The van der Waals surface area contributed by atoms with Crippen LogP contribution in [0.1, 0.15) is 44.6 Å². The molecule has 2 nitrogen and oxygen atoms in total. The molecule has 0 fully saturated rings. The van der Waals surface area contributed by atoms with Crippen LogP contribution in [0.15, 0.2) is 103 Å². The van der Waals surface area contributed by atoms with Gasteiger partial charge in [-0.1, -0.05) is 78.9 Å². The summed E-state index contributed by atoms with van der Waals surface area (Å²) in [6.07, 6.45) is -9.48. The van der Waals surface area contributed by atoms with E-state index < -0.39 is 35.6 Å². The topological polar surface area (TPSA) is 9.86 Å². The Morgan fingerprint density at radius 3 is 1.83 bits per heavy atom. The lowest BCUT2D eigenvalue weighted by atomic mass is 9.33. The Balaban J connectivity index is 1.41. The molecule has 5 heterocycles. The Hall–Kier alpha value is -5.70. The van der Waals surface area contributed by atoms with E-state index in [1.54, 1.807) is 0 Å². The second-order valence-electron chi connectivity index (χ2n) is 14.7. The minimum Gasteiger partial charge on any atom is -0.315 e. The molecule has 0 bridgehead atoms. The molecule has 250 valence electrons. The standard InChI is InChI=1S/C43H23BF6N2/c1-20-21(2)51-35-15-14-31-40-36(35)44(33-13-7-10-24(20)38(33)51)34-19-23(43(48,49)50)17-28-27-16-22(42(45,46)47)18-32(37(27)52(40)39(28)34)41(31)29-11-5-3-8-25(29)26-9-4-6-12-30(26)41/h3-19H,1-2H3. The number of alkyl halides is 6. The lowest BCUT2D eigenvalue weighted by Crippen LogP contribution is -2.60. The molecule has 1 aliphatic carbocycles. The van der Waals surface area contributed by atoms with Crippen LogP contribution in [0.4, 0.5) is 26.3 Å². The molecule has 52 heavy (non-hydrogen) atoms. The third-order valence-electron chi connectivity index (χ3n) is 12.5. The maximum Gasteiger partial charge on any atom is 0.416 e. The molecule has 0 atom stereocenters. The normalized spacial score (nSPS) is 15.4. The fraction of sp³-hybridized carbons (Fsp3) is 0.116. The van der Waals surface area contributed by atoms with E-state index in [1.807, 2.05) is 71.3 Å². The molecule has 0 N–H and O–H groups in total. The number of aryl methyl sites for hydroxylation is 1. The van der Waals surface area contributed by atoms with Gasteiger partial charge in [-0.05, 0) is 93.4 Å². The molecule has 2 aromatic heterocycles. The van der Waals surface area contributed by atoms with Crippen LogP contribution in [-0.4, -0.2) is 15.8 Å². The van der Waals surface area contributed by atoms with Gasteiger partial charge in [-0.15, -0.1) is 0 Å². The van der Waals surface area contributed by atoms with Gasteiger partial charge in [0.2, 0.25) is 0 Å². The van der Waals surface area contributed by atoms with Crippen molar-refractivity contribution in [3.63, 3.8) is 0 Å². The first-order chi connectivity index (χ1) is 24.9. The van der Waals surface area contributed by atoms with Crippen LogP contribution < -0.4 is 16.4 Å². The Kier molecular flexibility index (Phi) is 4.82. The maximum atomic E-state index is 15.1. The number of rotatable bonds is 0. The zero-order chi connectivity index (χ0) is 35.4. The first-order valence-corrected chi connectivity index (χ1v) is 17.2. The second kappa shape index (κ2) is 8.67. The number of aromatic nitrogens is 2. The average molecular weight is 692 g/mol. The molecular formula is C43H23BF6N2. The van der Waals surface area contributed by atoms with Crippen LogP contribution >= 0.6 is 0 Å². The fourth-order valence-electron chi connectivity index (χ4n) is 10.6. The highest BCUT2D eigenvalue weighted by atomic mass is 19.4. The fourth-order valence-corrected chi connectivity index (χ4v) is 10.6. The maximum absolute atomic E-state index is 15.1. The van der Waals surface area contributed by atoms with E-state index in [-0.39, 0.29) is 10.8 Å². The SMILES string of the molecule is Cc1c(C)n2c3c(cccc13)B1c3c-2ccc2c3-n3c4c1cc(C(F)(F)F)cc4c1cc(C(F)(F)F)cc(c13)C21c2ccccc2-c2ccccc21. The number of para-hydroxylation sites is 1. The van der Waals surface area contributed by atoms with E-state index in [9.17, 15) is 13.2 Å². The van der Waals surface area contributed by atoms with Crippen molar-refractivity contribution in [3.8, 4) is 22.5 Å². The second-order valence-corrected chi connectivity index (χ2v) is 14.7. The molecule has 12 rings (SSSR count). The largest absolute Gasteiger partial charge is 0.416 e. The molecule has 0 amide bonds. The van der Waals surface area contributed by atoms with Gasteiger partial charge >= 0.3 is 12.4 Å². The quantitative estimate of drug-likeness (QED) is 0.111. The Morgan fingerprint density at radius 1 is 0.538 bits per heavy atom. The summed E-state index contributed by atoms with van der Waals surface area (Å²) in [5.41, 5.74) is 9.90. The summed E-state index contributed by atoms with van der Waals surface area (Å²) < 4.78 is 94.3. The molecule has 9 heteroatoms. The van der Waals surface area contributed by atoms with Crippen molar-refractivity contribution in [2.45, 2.75) is 31.6 Å². The number of halogens is 6. The van der Waals surface area contributed by atoms with Crippen LogP contribution in [0.25, 0.3) is 55.2 Å². The molecular weight excluding hydrogens is 669 g/mol. The van der Waals surface area contributed by atoms with Crippen LogP contribution in [0.5, 0.6) is 0 Å². The van der Waals surface area contributed by atoms with Crippen LogP contribution in [0.3, 0.4) is 0 Å². The summed E-state index contributed by atoms with van der Waals surface area (Å²) in [7, 11) is 0. The van der Waals surface area contributed by atoms with E-state index in [0.29, 0.717) is 22.1 Å². The van der Waals surface area contributed by atoms with Gasteiger partial charge in [0.1, 0.15) is 0 Å². The van der Waals surface area contributed by atoms with Gasteiger partial charge in [-0.25, -0.2) is 0 Å². The Morgan fingerprint density at radius 2 is 1.15 bits per heavy atom. The highest BCUT2D eigenvalue weighted by molar-refractivity contribution is 7.00. The van der Waals surface area contributed by atoms with Gasteiger partial charge in [0.15, 0.2) is 0 Å². The van der Waals surface area contributed by atoms with Crippen LogP contribution in [0, 0.1) is 13.8 Å². The number of fused-ring (bicyclic) bond motifs is 11. The van der Waals surface area contributed by atoms with Gasteiger partial charge in [0.05, 0.1) is 22.1 Å². The van der Waals surface area contributed by atoms with Crippen molar-refractivity contribution < 1.29 is 26.3 Å². The van der Waals surface area contributed by atoms with Crippen LogP contribution in [-0.2, 0) is 17.8 Å². The molecule has 0 saturated heterocycles.